The number of nitrogens with zero attached hydrogens (tertiary/aromatic N) is 3. The number of aromatic nitrogens is 3. The molecule has 2 aromatic heterocycles. The number of anilines is 1. The maximum Gasteiger partial charge on any atom is 0.142 e. The fourth-order valence-electron chi connectivity index (χ4n) is 2.40. The molecule has 114 valence electrons. The van der Waals surface area contributed by atoms with Crippen molar-refractivity contribution >= 4 is 16.9 Å². The molecule has 7 heteroatoms. The van der Waals surface area contributed by atoms with Crippen LogP contribution in [-0.4, -0.2) is 67.6 Å². The van der Waals surface area contributed by atoms with Crippen molar-refractivity contribution in [2.75, 3.05) is 57.5 Å². The van der Waals surface area contributed by atoms with Crippen molar-refractivity contribution < 1.29 is 9.47 Å². The van der Waals surface area contributed by atoms with E-state index in [1.807, 2.05) is 12.3 Å². The lowest BCUT2D eigenvalue weighted by molar-refractivity contribution is 0.109. The van der Waals surface area contributed by atoms with E-state index in [4.69, 9.17) is 9.47 Å². The predicted molar refractivity (Wildman–Crippen MR) is 80.6 cm³/mol. The van der Waals surface area contributed by atoms with Crippen molar-refractivity contribution in [2.45, 2.75) is 0 Å². The number of nitrogens with one attached hydrogen (secondary N) is 2. The standard InChI is InChI=1S/C10H12N4O.C4H9NO/c1-2-11-9-8(1)10(13-7-12-9)14-3-5-15-6-4-14;1-3-6-4-2-5-1/h1-2,7H,3-6H2,(H,11,12,13);5H,1-4H2. The summed E-state index contributed by atoms with van der Waals surface area (Å²) in [5.74, 6) is 1.00. The van der Waals surface area contributed by atoms with E-state index in [-0.39, 0.29) is 0 Å². The van der Waals surface area contributed by atoms with Gasteiger partial charge in [0.15, 0.2) is 0 Å². The summed E-state index contributed by atoms with van der Waals surface area (Å²) in [5, 5.41) is 4.24. The van der Waals surface area contributed by atoms with Gasteiger partial charge in [0.05, 0.1) is 31.8 Å². The molecule has 2 fully saturated rings. The molecular weight excluding hydrogens is 270 g/mol. The third kappa shape index (κ3) is 3.69. The number of ether oxygens (including phenoxy) is 2. The van der Waals surface area contributed by atoms with Crippen molar-refractivity contribution in [3.63, 3.8) is 0 Å². The van der Waals surface area contributed by atoms with Crippen LogP contribution >= 0.6 is 0 Å². The Balaban J connectivity index is 0.000000186. The van der Waals surface area contributed by atoms with Gasteiger partial charge in [0.25, 0.3) is 0 Å². The zero-order valence-electron chi connectivity index (χ0n) is 12.0. The molecule has 0 amide bonds. The van der Waals surface area contributed by atoms with Gasteiger partial charge in [-0.1, -0.05) is 0 Å². The van der Waals surface area contributed by atoms with Crippen LogP contribution in [0.2, 0.25) is 0 Å². The molecule has 0 unspecified atom stereocenters. The number of rotatable bonds is 1. The van der Waals surface area contributed by atoms with Gasteiger partial charge in [0.2, 0.25) is 0 Å². The Hall–Kier alpha value is -1.70. The monoisotopic (exact) mass is 291 g/mol. The van der Waals surface area contributed by atoms with Gasteiger partial charge in [-0.3, -0.25) is 0 Å². The van der Waals surface area contributed by atoms with Gasteiger partial charge in [-0.2, -0.15) is 0 Å². The first kappa shape index (κ1) is 14.2. The van der Waals surface area contributed by atoms with E-state index in [0.29, 0.717) is 0 Å². The largest absolute Gasteiger partial charge is 0.379 e. The van der Waals surface area contributed by atoms with Crippen LogP contribution < -0.4 is 10.2 Å². The Kier molecular flexibility index (Phi) is 4.99. The third-order valence-corrected chi connectivity index (χ3v) is 3.49. The van der Waals surface area contributed by atoms with Gasteiger partial charge < -0.3 is 24.7 Å². The topological polar surface area (TPSA) is 75.3 Å². The van der Waals surface area contributed by atoms with E-state index in [0.717, 1.165) is 69.5 Å². The summed E-state index contributed by atoms with van der Waals surface area (Å²) in [5.41, 5.74) is 0.895. The summed E-state index contributed by atoms with van der Waals surface area (Å²) >= 11 is 0. The predicted octanol–water partition coefficient (Wildman–Crippen LogP) is 0.401. The summed E-state index contributed by atoms with van der Waals surface area (Å²) in [6.07, 6.45) is 3.49. The molecule has 0 aromatic carbocycles. The third-order valence-electron chi connectivity index (χ3n) is 3.49. The fraction of sp³-hybridized carbons (Fsp3) is 0.571. The van der Waals surface area contributed by atoms with Gasteiger partial charge in [-0.15, -0.1) is 0 Å². The molecular formula is C14H21N5O2. The Labute approximate surface area is 123 Å². The highest BCUT2D eigenvalue weighted by Gasteiger charge is 2.15. The highest BCUT2D eigenvalue weighted by molar-refractivity contribution is 5.87. The number of hydrogen-bond donors (Lipinski definition) is 2. The van der Waals surface area contributed by atoms with Gasteiger partial charge in [-0.05, 0) is 6.07 Å². The molecule has 0 atom stereocenters. The lowest BCUT2D eigenvalue weighted by Crippen LogP contribution is -2.36. The minimum Gasteiger partial charge on any atom is -0.379 e. The average Bonchev–Trinajstić information content (AvgIpc) is 3.06. The van der Waals surface area contributed by atoms with Crippen LogP contribution in [-0.2, 0) is 9.47 Å². The van der Waals surface area contributed by atoms with E-state index in [1.165, 1.54) is 0 Å². The highest BCUT2D eigenvalue weighted by Crippen LogP contribution is 2.22. The quantitative estimate of drug-likeness (QED) is 0.792. The average molecular weight is 291 g/mol. The van der Waals surface area contributed by atoms with Crippen molar-refractivity contribution in [2.24, 2.45) is 0 Å². The van der Waals surface area contributed by atoms with E-state index in [2.05, 4.69) is 25.2 Å². The van der Waals surface area contributed by atoms with Crippen LogP contribution in [0.5, 0.6) is 0 Å². The zero-order valence-corrected chi connectivity index (χ0v) is 12.0. The van der Waals surface area contributed by atoms with Crippen molar-refractivity contribution in [3.05, 3.63) is 18.6 Å². The second kappa shape index (κ2) is 7.35. The van der Waals surface area contributed by atoms with E-state index in [1.54, 1.807) is 6.33 Å². The lowest BCUT2D eigenvalue weighted by atomic mass is 10.3. The van der Waals surface area contributed by atoms with Gasteiger partial charge in [0, 0.05) is 32.4 Å². The Morgan fingerprint density at radius 2 is 1.76 bits per heavy atom. The van der Waals surface area contributed by atoms with E-state index >= 15 is 0 Å². The summed E-state index contributed by atoms with van der Waals surface area (Å²) in [6, 6.07) is 2.01. The number of fused-ring (bicyclic) bond motifs is 1. The molecule has 2 saturated heterocycles. The van der Waals surface area contributed by atoms with Crippen LogP contribution in [0.1, 0.15) is 0 Å². The first-order valence-electron chi connectivity index (χ1n) is 7.34. The Bertz CT molecular complexity index is 538. The second-order valence-electron chi connectivity index (χ2n) is 4.90. The number of hydrogen-bond acceptors (Lipinski definition) is 6. The molecule has 0 spiro atoms. The van der Waals surface area contributed by atoms with Gasteiger partial charge in [0.1, 0.15) is 17.8 Å². The first-order chi connectivity index (χ1) is 10.4. The van der Waals surface area contributed by atoms with Gasteiger partial charge >= 0.3 is 0 Å². The molecule has 0 aliphatic carbocycles. The van der Waals surface area contributed by atoms with Crippen molar-refractivity contribution in [1.29, 1.82) is 0 Å². The molecule has 2 aromatic rings. The fourth-order valence-corrected chi connectivity index (χ4v) is 2.40. The first-order valence-corrected chi connectivity index (χ1v) is 7.34. The normalized spacial score (nSPS) is 19.1. The second-order valence-corrected chi connectivity index (χ2v) is 4.90. The van der Waals surface area contributed by atoms with Crippen LogP contribution in [0.15, 0.2) is 18.6 Å². The maximum absolute atomic E-state index is 5.32. The SMILES string of the molecule is C1COCCN1.c1nc(N2CCOCC2)c2cc[nH]c2n1. The van der Waals surface area contributed by atoms with Crippen molar-refractivity contribution in [1.82, 2.24) is 20.3 Å². The summed E-state index contributed by atoms with van der Waals surface area (Å²) in [6.45, 7) is 7.18. The molecule has 0 radical (unpaired) electrons. The maximum atomic E-state index is 5.32. The molecule has 7 nitrogen and oxygen atoms in total. The van der Waals surface area contributed by atoms with Crippen LogP contribution in [0, 0.1) is 0 Å². The van der Waals surface area contributed by atoms with Crippen LogP contribution in [0.4, 0.5) is 5.82 Å². The molecule has 4 rings (SSSR count). The molecule has 2 N–H and O–H groups in total. The zero-order chi connectivity index (χ0) is 14.3. The highest BCUT2D eigenvalue weighted by atomic mass is 16.5. The van der Waals surface area contributed by atoms with Crippen molar-refractivity contribution in [3.8, 4) is 0 Å². The number of aromatic amines is 1. The molecule has 2 aliphatic rings. The van der Waals surface area contributed by atoms with E-state index < -0.39 is 0 Å². The molecule has 0 saturated carbocycles. The molecule has 21 heavy (non-hydrogen) atoms. The van der Waals surface area contributed by atoms with Gasteiger partial charge in [-0.25, -0.2) is 9.97 Å². The minimum absolute atomic E-state index is 0.774. The number of H-pyrrole nitrogens is 1. The minimum atomic E-state index is 0.774. The lowest BCUT2D eigenvalue weighted by Gasteiger charge is -2.27. The summed E-state index contributed by atoms with van der Waals surface area (Å²) in [7, 11) is 0. The summed E-state index contributed by atoms with van der Waals surface area (Å²) < 4.78 is 10.3. The van der Waals surface area contributed by atoms with Crippen LogP contribution in [0.3, 0.4) is 0 Å². The Morgan fingerprint density at radius 1 is 1.00 bits per heavy atom. The number of morpholine rings is 2. The van der Waals surface area contributed by atoms with E-state index in [9.17, 15) is 0 Å². The Morgan fingerprint density at radius 3 is 2.43 bits per heavy atom. The summed E-state index contributed by atoms with van der Waals surface area (Å²) in [4.78, 5) is 13.8. The molecule has 4 heterocycles. The smallest absolute Gasteiger partial charge is 0.142 e. The molecule has 2 aliphatic heterocycles. The molecule has 0 bridgehead atoms. The van der Waals surface area contributed by atoms with Crippen LogP contribution in [0.25, 0.3) is 11.0 Å².